The van der Waals surface area contributed by atoms with E-state index in [4.69, 9.17) is 6.74 Å². The van der Waals surface area contributed by atoms with Crippen molar-refractivity contribution in [2.75, 3.05) is 19.6 Å². The Kier molecular flexibility index (Phi) is 9.17. The normalized spacial score (nSPS) is 10.8. The SMILES string of the molecule is CCNCCN[O][Ti](=[O])[O]C(C)C. The van der Waals surface area contributed by atoms with Gasteiger partial charge in [-0.25, -0.2) is 0 Å². The summed E-state index contributed by atoms with van der Waals surface area (Å²) in [7, 11) is 0. The van der Waals surface area contributed by atoms with Crippen LogP contribution in [0.15, 0.2) is 0 Å². The first-order valence-electron chi connectivity index (χ1n) is 4.47. The molecule has 0 bridgehead atoms. The Labute approximate surface area is 86.2 Å². The van der Waals surface area contributed by atoms with Crippen LogP contribution in [0, 0.1) is 0 Å². The van der Waals surface area contributed by atoms with Gasteiger partial charge in [-0.15, -0.1) is 0 Å². The van der Waals surface area contributed by atoms with Crippen molar-refractivity contribution in [2.45, 2.75) is 26.9 Å². The summed E-state index contributed by atoms with van der Waals surface area (Å²) in [6.45, 7) is 8.03. The summed E-state index contributed by atoms with van der Waals surface area (Å²) in [6, 6.07) is 0. The van der Waals surface area contributed by atoms with E-state index in [2.05, 4.69) is 10.8 Å². The molecule has 5 nitrogen and oxygen atoms in total. The van der Waals surface area contributed by atoms with Crippen molar-refractivity contribution in [3.8, 4) is 0 Å². The number of nitrogens with one attached hydrogen (secondary N) is 2. The molecule has 0 aromatic carbocycles. The Morgan fingerprint density at radius 3 is 2.62 bits per heavy atom. The molecular formula is C7H18N2O3Ti. The summed E-state index contributed by atoms with van der Waals surface area (Å²) in [5.41, 5.74) is 2.60. The van der Waals surface area contributed by atoms with E-state index in [1.165, 1.54) is 0 Å². The molecule has 0 radical (unpaired) electrons. The van der Waals surface area contributed by atoms with Gasteiger partial charge in [-0.1, -0.05) is 0 Å². The van der Waals surface area contributed by atoms with Crippen LogP contribution in [0.1, 0.15) is 20.8 Å². The van der Waals surface area contributed by atoms with Crippen LogP contribution in [0.3, 0.4) is 0 Å². The van der Waals surface area contributed by atoms with Crippen LogP contribution >= 0.6 is 0 Å². The molecular weight excluding hydrogens is 208 g/mol. The molecule has 0 fully saturated rings. The van der Waals surface area contributed by atoms with Crippen molar-refractivity contribution in [3.05, 3.63) is 0 Å². The Bertz CT molecular complexity index is 144. The van der Waals surface area contributed by atoms with E-state index in [-0.39, 0.29) is 6.10 Å². The van der Waals surface area contributed by atoms with E-state index < -0.39 is 18.6 Å². The molecule has 0 aliphatic carbocycles. The molecule has 0 saturated heterocycles. The standard InChI is InChI=1S/C4H11N2O.C3H7O.O.Ti/c1-2-5-3-4-6-7;1-3(2)4;;/h5-6H,2-4H2,1H3;3H,1-2H3;;/q2*-1;;+2. The zero-order valence-electron chi connectivity index (χ0n) is 8.42. The van der Waals surface area contributed by atoms with E-state index in [0.29, 0.717) is 6.54 Å². The van der Waals surface area contributed by atoms with Gasteiger partial charge >= 0.3 is 86.0 Å². The van der Waals surface area contributed by atoms with Crippen LogP contribution in [-0.2, 0) is 28.7 Å². The first-order chi connectivity index (χ1) is 6.16. The van der Waals surface area contributed by atoms with Gasteiger partial charge < -0.3 is 0 Å². The number of hydroxylamine groups is 1. The van der Waals surface area contributed by atoms with Crippen molar-refractivity contribution in [1.82, 2.24) is 10.8 Å². The van der Waals surface area contributed by atoms with Crippen LogP contribution in [0.25, 0.3) is 0 Å². The summed E-state index contributed by atoms with van der Waals surface area (Å²) in [4.78, 5) is 0. The first-order valence-corrected chi connectivity index (χ1v) is 6.39. The van der Waals surface area contributed by atoms with Crippen LogP contribution in [0.4, 0.5) is 0 Å². The number of likely N-dealkylation sites (N-methyl/N-ethyl adjacent to an activating group) is 1. The molecule has 0 aliphatic heterocycles. The first kappa shape index (κ1) is 13.4. The van der Waals surface area contributed by atoms with E-state index in [9.17, 15) is 3.32 Å². The van der Waals surface area contributed by atoms with Gasteiger partial charge in [0.1, 0.15) is 0 Å². The molecule has 0 unspecified atom stereocenters. The summed E-state index contributed by atoms with van der Waals surface area (Å²) in [6.07, 6.45) is -0.0388. The third-order valence-corrected chi connectivity index (χ3v) is 2.66. The van der Waals surface area contributed by atoms with Crippen LogP contribution in [-0.4, -0.2) is 25.7 Å². The quantitative estimate of drug-likeness (QED) is 0.355. The number of rotatable bonds is 8. The molecule has 0 saturated carbocycles. The average molecular weight is 226 g/mol. The van der Waals surface area contributed by atoms with Crippen LogP contribution in [0.2, 0.25) is 0 Å². The predicted molar refractivity (Wildman–Crippen MR) is 44.5 cm³/mol. The van der Waals surface area contributed by atoms with Crippen LogP contribution < -0.4 is 10.8 Å². The molecule has 0 aromatic rings. The van der Waals surface area contributed by atoms with E-state index in [0.717, 1.165) is 13.1 Å². The zero-order chi connectivity index (χ0) is 10.1. The molecule has 0 heterocycles. The van der Waals surface area contributed by atoms with Crippen molar-refractivity contribution in [3.63, 3.8) is 0 Å². The van der Waals surface area contributed by atoms with E-state index in [1.54, 1.807) is 0 Å². The Morgan fingerprint density at radius 1 is 1.38 bits per heavy atom. The van der Waals surface area contributed by atoms with Gasteiger partial charge in [-0.2, -0.15) is 0 Å². The van der Waals surface area contributed by atoms with Crippen molar-refractivity contribution >= 4 is 0 Å². The fraction of sp³-hybridized carbons (Fsp3) is 1.00. The second-order valence-corrected chi connectivity index (χ2v) is 4.23. The van der Waals surface area contributed by atoms with E-state index >= 15 is 0 Å². The van der Waals surface area contributed by atoms with Gasteiger partial charge in [0.15, 0.2) is 0 Å². The molecule has 2 N–H and O–H groups in total. The van der Waals surface area contributed by atoms with Gasteiger partial charge in [0.05, 0.1) is 0 Å². The average Bonchev–Trinajstić information content (AvgIpc) is 2.02. The summed E-state index contributed by atoms with van der Waals surface area (Å²) >= 11 is -2.95. The molecule has 78 valence electrons. The zero-order valence-corrected chi connectivity index (χ0v) is 9.98. The monoisotopic (exact) mass is 226 g/mol. The Balaban J connectivity index is 3.17. The van der Waals surface area contributed by atoms with E-state index in [1.807, 2.05) is 20.8 Å². The molecule has 0 amide bonds. The topological polar surface area (TPSA) is 59.6 Å². The van der Waals surface area contributed by atoms with Gasteiger partial charge in [-0.3, -0.25) is 0 Å². The maximum atomic E-state index is 11.0. The van der Waals surface area contributed by atoms with Crippen molar-refractivity contribution in [1.29, 1.82) is 0 Å². The molecule has 0 rings (SSSR count). The van der Waals surface area contributed by atoms with Crippen LogP contribution in [0.5, 0.6) is 0 Å². The fourth-order valence-corrected chi connectivity index (χ4v) is 1.66. The van der Waals surface area contributed by atoms with Gasteiger partial charge in [0, 0.05) is 0 Å². The molecule has 0 atom stereocenters. The molecule has 0 aliphatic rings. The van der Waals surface area contributed by atoms with Gasteiger partial charge in [0.25, 0.3) is 0 Å². The second-order valence-electron chi connectivity index (χ2n) is 2.77. The molecule has 0 aromatic heterocycles. The summed E-state index contributed by atoms with van der Waals surface area (Å²) in [5.74, 6) is 0. The minimum atomic E-state index is -2.95. The minimum absolute atomic E-state index is 0.0388. The predicted octanol–water partition coefficient (Wildman–Crippen LogP) is 0.336. The Hall–Kier alpha value is 0.354. The van der Waals surface area contributed by atoms with Crippen molar-refractivity contribution in [2.24, 2.45) is 0 Å². The molecule has 6 heteroatoms. The van der Waals surface area contributed by atoms with Gasteiger partial charge in [-0.05, 0) is 0 Å². The summed E-state index contributed by atoms with van der Waals surface area (Å²) in [5, 5.41) is 3.10. The number of hydrogen-bond acceptors (Lipinski definition) is 5. The maximum absolute atomic E-state index is 11.0. The fourth-order valence-electron chi connectivity index (χ4n) is 0.643. The summed E-state index contributed by atoms with van der Waals surface area (Å²) < 4.78 is 20.8. The molecule has 13 heavy (non-hydrogen) atoms. The second kappa shape index (κ2) is 8.93. The third-order valence-electron chi connectivity index (χ3n) is 1.14. The third kappa shape index (κ3) is 10.3. The Morgan fingerprint density at radius 2 is 2.08 bits per heavy atom. The molecule has 0 spiro atoms. The van der Waals surface area contributed by atoms with Crippen molar-refractivity contribution < 1.29 is 28.7 Å². The number of hydrogen-bond donors (Lipinski definition) is 2. The van der Waals surface area contributed by atoms with Gasteiger partial charge in [0.2, 0.25) is 0 Å².